The van der Waals surface area contributed by atoms with Crippen molar-refractivity contribution >= 4 is 21.7 Å². The highest BCUT2D eigenvalue weighted by Gasteiger charge is 2.33. The molecule has 35 heavy (non-hydrogen) atoms. The Hall–Kier alpha value is -3.56. The van der Waals surface area contributed by atoms with Crippen LogP contribution in [0.1, 0.15) is 22.7 Å². The van der Waals surface area contributed by atoms with Gasteiger partial charge in [-0.1, -0.05) is 35.9 Å². The predicted octanol–water partition coefficient (Wildman–Crippen LogP) is 4.12. The van der Waals surface area contributed by atoms with Gasteiger partial charge in [0.15, 0.2) is 11.5 Å². The van der Waals surface area contributed by atoms with Crippen LogP contribution in [0.3, 0.4) is 0 Å². The number of carbonyl (C=O) groups is 1. The number of amides is 2. The molecule has 8 nitrogen and oxygen atoms in total. The van der Waals surface area contributed by atoms with Gasteiger partial charge in [0.05, 0.1) is 25.2 Å². The summed E-state index contributed by atoms with van der Waals surface area (Å²) in [6, 6.07) is 18.6. The van der Waals surface area contributed by atoms with E-state index < -0.39 is 16.1 Å². The lowest BCUT2D eigenvalue weighted by atomic mass is 9.92. The van der Waals surface area contributed by atoms with E-state index in [-0.39, 0.29) is 17.5 Å². The van der Waals surface area contributed by atoms with Crippen molar-refractivity contribution in [2.75, 3.05) is 32.6 Å². The van der Waals surface area contributed by atoms with Crippen molar-refractivity contribution < 1.29 is 22.7 Å². The molecule has 1 atom stereocenters. The number of rotatable bonds is 7. The fraction of sp³-hybridized carbons (Fsp3) is 0.269. The third-order valence-electron chi connectivity index (χ3n) is 6.09. The molecular weight excluding hydrogens is 466 g/mol. The van der Waals surface area contributed by atoms with Gasteiger partial charge in [-0.2, -0.15) is 0 Å². The van der Waals surface area contributed by atoms with Crippen LogP contribution < -0.4 is 19.5 Å². The molecule has 1 unspecified atom stereocenters. The standard InChI is InChI=1S/C26H29N3O5S/c1-18-9-11-21(12-10-18)35(31,32)27-17-23-22-16-25(34-3)24(33-2)15-19(22)13-14-29(23)26(30)28-20-7-5-4-6-8-20/h4-12,15-16,23,27H,13-14,17H2,1-3H3,(H,28,30). The van der Waals surface area contributed by atoms with Crippen LogP contribution in [0.5, 0.6) is 11.5 Å². The molecule has 1 aliphatic rings. The summed E-state index contributed by atoms with van der Waals surface area (Å²) >= 11 is 0. The lowest BCUT2D eigenvalue weighted by Gasteiger charge is -2.37. The van der Waals surface area contributed by atoms with Gasteiger partial charge in [-0.05, 0) is 60.9 Å². The van der Waals surface area contributed by atoms with E-state index >= 15 is 0 Å². The molecule has 0 fully saturated rings. The minimum atomic E-state index is -3.78. The normalized spacial score (nSPS) is 15.3. The number of para-hydroxylation sites is 1. The number of carbonyl (C=O) groups excluding carboxylic acids is 1. The zero-order valence-electron chi connectivity index (χ0n) is 19.9. The summed E-state index contributed by atoms with van der Waals surface area (Å²) in [4.78, 5) is 15.1. The van der Waals surface area contributed by atoms with E-state index in [2.05, 4.69) is 10.0 Å². The molecule has 3 aromatic rings. The molecule has 0 bridgehead atoms. The molecule has 2 N–H and O–H groups in total. The molecule has 0 radical (unpaired) electrons. The van der Waals surface area contributed by atoms with Crippen LogP contribution >= 0.6 is 0 Å². The van der Waals surface area contributed by atoms with Crippen molar-refractivity contribution in [2.24, 2.45) is 0 Å². The van der Waals surface area contributed by atoms with E-state index in [1.807, 2.05) is 37.3 Å². The predicted molar refractivity (Wildman–Crippen MR) is 135 cm³/mol. The first-order chi connectivity index (χ1) is 16.8. The molecule has 184 valence electrons. The smallest absolute Gasteiger partial charge is 0.322 e. The largest absolute Gasteiger partial charge is 0.493 e. The van der Waals surface area contributed by atoms with Crippen LogP contribution in [0.4, 0.5) is 10.5 Å². The molecule has 1 heterocycles. The lowest BCUT2D eigenvalue weighted by molar-refractivity contribution is 0.183. The van der Waals surface area contributed by atoms with Crippen molar-refractivity contribution in [2.45, 2.75) is 24.3 Å². The summed E-state index contributed by atoms with van der Waals surface area (Å²) in [6.07, 6.45) is 0.596. The number of nitrogens with zero attached hydrogens (tertiary/aromatic N) is 1. The van der Waals surface area contributed by atoms with Crippen LogP contribution in [-0.4, -0.2) is 46.7 Å². The number of methoxy groups -OCH3 is 2. The number of fused-ring (bicyclic) bond motifs is 1. The molecular formula is C26H29N3O5S. The van der Waals surface area contributed by atoms with E-state index in [1.54, 1.807) is 55.5 Å². The SMILES string of the molecule is COc1cc2c(cc1OC)C(CNS(=O)(=O)c1ccc(C)cc1)N(C(=O)Nc1ccccc1)CC2. The average molecular weight is 496 g/mol. The Morgan fingerprint density at radius 1 is 1.00 bits per heavy atom. The fourth-order valence-corrected chi connectivity index (χ4v) is 5.24. The monoisotopic (exact) mass is 495 g/mol. The van der Waals surface area contributed by atoms with Gasteiger partial charge in [-0.25, -0.2) is 17.9 Å². The van der Waals surface area contributed by atoms with E-state index in [0.29, 0.717) is 30.2 Å². The number of aryl methyl sites for hydroxylation is 1. The Labute approximate surface area is 205 Å². The number of hydrogen-bond donors (Lipinski definition) is 2. The Morgan fingerprint density at radius 2 is 1.66 bits per heavy atom. The molecule has 9 heteroatoms. The van der Waals surface area contributed by atoms with Crippen molar-refractivity contribution in [3.05, 3.63) is 83.4 Å². The highest BCUT2D eigenvalue weighted by Crippen LogP contribution is 2.38. The van der Waals surface area contributed by atoms with Crippen molar-refractivity contribution in [1.29, 1.82) is 0 Å². The second kappa shape index (κ2) is 10.4. The van der Waals surface area contributed by atoms with Crippen molar-refractivity contribution in [1.82, 2.24) is 9.62 Å². The highest BCUT2D eigenvalue weighted by molar-refractivity contribution is 7.89. The van der Waals surface area contributed by atoms with Gasteiger partial charge >= 0.3 is 6.03 Å². The first-order valence-corrected chi connectivity index (χ1v) is 12.7. The van der Waals surface area contributed by atoms with Gasteiger partial charge < -0.3 is 19.7 Å². The van der Waals surface area contributed by atoms with E-state index in [9.17, 15) is 13.2 Å². The minimum Gasteiger partial charge on any atom is -0.493 e. The van der Waals surface area contributed by atoms with Gasteiger partial charge in [-0.15, -0.1) is 0 Å². The maximum absolute atomic E-state index is 13.3. The summed E-state index contributed by atoms with van der Waals surface area (Å²) in [5.74, 6) is 1.11. The lowest BCUT2D eigenvalue weighted by Crippen LogP contribution is -2.46. The summed E-state index contributed by atoms with van der Waals surface area (Å²) in [6.45, 7) is 2.31. The van der Waals surface area contributed by atoms with Crippen molar-refractivity contribution in [3.8, 4) is 11.5 Å². The van der Waals surface area contributed by atoms with Gasteiger partial charge in [0, 0.05) is 18.8 Å². The first kappa shape index (κ1) is 24.6. The molecule has 1 aliphatic heterocycles. The summed E-state index contributed by atoms with van der Waals surface area (Å²) in [7, 11) is -0.667. The Morgan fingerprint density at radius 3 is 2.31 bits per heavy atom. The number of hydrogen-bond acceptors (Lipinski definition) is 5. The molecule has 4 rings (SSSR count). The fourth-order valence-electron chi connectivity index (χ4n) is 4.20. The molecule has 3 aromatic carbocycles. The highest BCUT2D eigenvalue weighted by atomic mass is 32.2. The maximum atomic E-state index is 13.3. The molecule has 0 spiro atoms. The van der Waals surface area contributed by atoms with Gasteiger partial charge in [0.1, 0.15) is 0 Å². The second-order valence-corrected chi connectivity index (χ2v) is 10.1. The second-order valence-electron chi connectivity index (χ2n) is 8.33. The average Bonchev–Trinajstić information content (AvgIpc) is 2.87. The number of sulfonamides is 1. The Balaban J connectivity index is 1.66. The van der Waals surface area contributed by atoms with Gasteiger partial charge in [0.25, 0.3) is 0 Å². The van der Waals surface area contributed by atoms with Crippen LogP contribution in [0, 0.1) is 6.92 Å². The number of nitrogens with one attached hydrogen (secondary N) is 2. The summed E-state index contributed by atoms with van der Waals surface area (Å²) < 4.78 is 39.7. The summed E-state index contributed by atoms with van der Waals surface area (Å²) in [5.41, 5.74) is 3.42. The summed E-state index contributed by atoms with van der Waals surface area (Å²) in [5, 5.41) is 2.91. The topological polar surface area (TPSA) is 97.0 Å². The maximum Gasteiger partial charge on any atom is 0.322 e. The number of benzene rings is 3. The Kier molecular flexibility index (Phi) is 7.28. The third-order valence-corrected chi connectivity index (χ3v) is 7.53. The molecule has 0 aromatic heterocycles. The number of anilines is 1. The van der Waals surface area contributed by atoms with Gasteiger partial charge in [0.2, 0.25) is 10.0 Å². The Bertz CT molecular complexity index is 1290. The third kappa shape index (κ3) is 5.41. The molecule has 0 saturated carbocycles. The zero-order valence-corrected chi connectivity index (χ0v) is 20.8. The quantitative estimate of drug-likeness (QED) is 0.514. The number of ether oxygens (including phenoxy) is 2. The molecule has 0 saturated heterocycles. The van der Waals surface area contributed by atoms with Crippen LogP contribution in [0.25, 0.3) is 0 Å². The van der Waals surface area contributed by atoms with E-state index in [0.717, 1.165) is 16.7 Å². The number of urea groups is 1. The van der Waals surface area contributed by atoms with E-state index in [1.165, 1.54) is 0 Å². The van der Waals surface area contributed by atoms with Crippen LogP contribution in [0.15, 0.2) is 71.6 Å². The minimum absolute atomic E-state index is 0.000895. The zero-order chi connectivity index (χ0) is 25.0. The van der Waals surface area contributed by atoms with Crippen molar-refractivity contribution in [3.63, 3.8) is 0 Å². The molecule has 0 aliphatic carbocycles. The van der Waals surface area contributed by atoms with Crippen LogP contribution in [0.2, 0.25) is 0 Å². The first-order valence-electron chi connectivity index (χ1n) is 11.3. The molecule has 2 amide bonds. The van der Waals surface area contributed by atoms with Gasteiger partial charge in [-0.3, -0.25) is 0 Å². The van der Waals surface area contributed by atoms with E-state index in [4.69, 9.17) is 9.47 Å². The van der Waals surface area contributed by atoms with Crippen LogP contribution in [-0.2, 0) is 16.4 Å².